The first kappa shape index (κ1) is 23.1. The number of esters is 1. The molecule has 0 aliphatic heterocycles. The van der Waals surface area contributed by atoms with Gasteiger partial charge in [-0.15, -0.1) is 11.7 Å². The van der Waals surface area contributed by atoms with Crippen LogP contribution >= 0.6 is 0 Å². The predicted molar refractivity (Wildman–Crippen MR) is 115 cm³/mol. The van der Waals surface area contributed by atoms with E-state index in [4.69, 9.17) is 9.47 Å². The number of allylic oxidation sites excluding steroid dienone is 1. The topological polar surface area (TPSA) is 95.3 Å². The number of hydrogen-bond donors (Lipinski definition) is 1. The van der Waals surface area contributed by atoms with E-state index in [0.29, 0.717) is 36.5 Å². The van der Waals surface area contributed by atoms with Gasteiger partial charge in [-0.1, -0.05) is 24.6 Å². The van der Waals surface area contributed by atoms with Crippen LogP contribution < -0.4 is 5.32 Å². The third-order valence-electron chi connectivity index (χ3n) is 4.03. The van der Waals surface area contributed by atoms with Crippen LogP contribution in [0.15, 0.2) is 36.9 Å². The molecule has 0 aliphatic carbocycles. The minimum absolute atomic E-state index is 0.212. The van der Waals surface area contributed by atoms with Gasteiger partial charge in [-0.25, -0.2) is 14.3 Å². The number of nitrogens with zero attached hydrogens (tertiary/aromatic N) is 3. The predicted octanol–water partition coefficient (Wildman–Crippen LogP) is 4.69. The molecule has 1 aromatic heterocycles. The Kier molecular flexibility index (Phi) is 8.15. The van der Waals surface area contributed by atoms with Crippen LogP contribution in [-0.2, 0) is 15.9 Å². The molecule has 0 bridgehead atoms. The standard InChI is InChI=1S/C22H30N4O4/c1-6-8-10-18-19(20(27)29-15-9-7-2)24-25-26(18)17-13-11-16(12-14-17)23-21(28)30-22(3,4)5/h6,11-14H,1,7-10,15H2,2-5H3,(H,23,28). The summed E-state index contributed by atoms with van der Waals surface area (Å²) in [6, 6.07) is 7.03. The first-order valence-corrected chi connectivity index (χ1v) is 10.1. The normalized spacial score (nSPS) is 11.1. The molecule has 0 saturated heterocycles. The molecule has 30 heavy (non-hydrogen) atoms. The van der Waals surface area contributed by atoms with Gasteiger partial charge in [-0.05, 0) is 64.3 Å². The molecule has 0 radical (unpaired) electrons. The lowest BCUT2D eigenvalue weighted by molar-refractivity contribution is 0.0490. The maximum absolute atomic E-state index is 12.4. The van der Waals surface area contributed by atoms with E-state index >= 15 is 0 Å². The summed E-state index contributed by atoms with van der Waals surface area (Å²) in [5.41, 5.74) is 1.59. The molecule has 1 amide bonds. The van der Waals surface area contributed by atoms with Crippen molar-refractivity contribution in [2.75, 3.05) is 11.9 Å². The van der Waals surface area contributed by atoms with Crippen LogP contribution in [-0.4, -0.2) is 39.3 Å². The molecule has 8 nitrogen and oxygen atoms in total. The second kappa shape index (κ2) is 10.6. The van der Waals surface area contributed by atoms with Gasteiger partial charge < -0.3 is 9.47 Å². The molecule has 0 saturated carbocycles. The maximum Gasteiger partial charge on any atom is 0.412 e. The Hall–Kier alpha value is -3.16. The number of benzene rings is 1. The molecule has 1 aromatic carbocycles. The van der Waals surface area contributed by atoms with Crippen LogP contribution in [0.5, 0.6) is 0 Å². The first-order valence-electron chi connectivity index (χ1n) is 10.1. The monoisotopic (exact) mass is 414 g/mol. The molecule has 1 N–H and O–H groups in total. The van der Waals surface area contributed by atoms with Gasteiger partial charge in [0.2, 0.25) is 0 Å². The zero-order valence-electron chi connectivity index (χ0n) is 18.1. The van der Waals surface area contributed by atoms with E-state index in [1.165, 1.54) is 0 Å². The average Bonchev–Trinajstić information content (AvgIpc) is 3.09. The smallest absolute Gasteiger partial charge is 0.412 e. The Morgan fingerprint density at radius 1 is 1.23 bits per heavy atom. The Labute approximate surface area is 177 Å². The van der Waals surface area contributed by atoms with E-state index in [9.17, 15) is 9.59 Å². The molecule has 0 atom stereocenters. The second-order valence-corrected chi connectivity index (χ2v) is 7.79. The zero-order valence-corrected chi connectivity index (χ0v) is 18.1. The number of ether oxygens (including phenoxy) is 2. The minimum atomic E-state index is -0.576. The number of rotatable bonds is 9. The molecule has 2 rings (SSSR count). The van der Waals surface area contributed by atoms with Gasteiger partial charge in [0.1, 0.15) is 5.60 Å². The van der Waals surface area contributed by atoms with E-state index in [1.54, 1.807) is 55.8 Å². The lowest BCUT2D eigenvalue weighted by Gasteiger charge is -2.19. The number of nitrogens with one attached hydrogen (secondary N) is 1. The molecular weight excluding hydrogens is 384 g/mol. The fourth-order valence-electron chi connectivity index (χ4n) is 2.62. The summed E-state index contributed by atoms with van der Waals surface area (Å²) in [7, 11) is 0. The van der Waals surface area contributed by atoms with Gasteiger partial charge >= 0.3 is 12.1 Å². The number of carbonyl (C=O) groups is 2. The summed E-state index contributed by atoms with van der Waals surface area (Å²) in [5, 5.41) is 10.9. The molecule has 2 aromatic rings. The highest BCUT2D eigenvalue weighted by Gasteiger charge is 2.21. The highest BCUT2D eigenvalue weighted by atomic mass is 16.6. The molecule has 8 heteroatoms. The van der Waals surface area contributed by atoms with Crippen molar-refractivity contribution in [2.45, 2.75) is 59.0 Å². The third-order valence-corrected chi connectivity index (χ3v) is 4.03. The lowest BCUT2D eigenvalue weighted by atomic mass is 10.2. The lowest BCUT2D eigenvalue weighted by Crippen LogP contribution is -2.27. The highest BCUT2D eigenvalue weighted by Crippen LogP contribution is 2.19. The van der Waals surface area contributed by atoms with Crippen molar-refractivity contribution in [2.24, 2.45) is 0 Å². The van der Waals surface area contributed by atoms with Gasteiger partial charge in [0.25, 0.3) is 0 Å². The van der Waals surface area contributed by atoms with E-state index in [1.807, 2.05) is 6.92 Å². The number of anilines is 1. The average molecular weight is 415 g/mol. The Morgan fingerprint density at radius 3 is 2.53 bits per heavy atom. The summed E-state index contributed by atoms with van der Waals surface area (Å²) in [5.74, 6) is -0.475. The van der Waals surface area contributed by atoms with E-state index < -0.39 is 17.7 Å². The van der Waals surface area contributed by atoms with Crippen molar-refractivity contribution in [3.05, 3.63) is 48.3 Å². The van der Waals surface area contributed by atoms with Crippen LogP contribution in [0.4, 0.5) is 10.5 Å². The van der Waals surface area contributed by atoms with Crippen LogP contribution in [0.1, 0.15) is 63.1 Å². The quantitative estimate of drug-likeness (QED) is 0.363. The fourth-order valence-corrected chi connectivity index (χ4v) is 2.62. The molecule has 0 fully saturated rings. The van der Waals surface area contributed by atoms with Crippen LogP contribution in [0, 0.1) is 0 Å². The summed E-state index contributed by atoms with van der Waals surface area (Å²) < 4.78 is 12.2. The molecular formula is C22H30N4O4. The SMILES string of the molecule is C=CCCc1c(C(=O)OCCCC)nnn1-c1ccc(NC(=O)OC(C)(C)C)cc1. The van der Waals surface area contributed by atoms with Crippen LogP contribution in [0.3, 0.4) is 0 Å². The number of amides is 1. The van der Waals surface area contributed by atoms with Crippen molar-refractivity contribution >= 4 is 17.7 Å². The van der Waals surface area contributed by atoms with E-state index in [-0.39, 0.29) is 5.69 Å². The second-order valence-electron chi connectivity index (χ2n) is 7.79. The summed E-state index contributed by atoms with van der Waals surface area (Å²) in [6.45, 7) is 11.5. The Balaban J connectivity index is 2.20. The Bertz CT molecular complexity index is 866. The highest BCUT2D eigenvalue weighted by molar-refractivity contribution is 5.88. The van der Waals surface area contributed by atoms with Gasteiger partial charge in [0.05, 0.1) is 18.0 Å². The fraction of sp³-hybridized carbons (Fsp3) is 0.455. The van der Waals surface area contributed by atoms with Crippen molar-refractivity contribution in [1.82, 2.24) is 15.0 Å². The molecule has 1 heterocycles. The maximum atomic E-state index is 12.4. The van der Waals surface area contributed by atoms with Crippen LogP contribution in [0.25, 0.3) is 5.69 Å². The van der Waals surface area contributed by atoms with Gasteiger partial charge in [-0.3, -0.25) is 5.32 Å². The summed E-state index contributed by atoms with van der Waals surface area (Å²) in [4.78, 5) is 24.3. The largest absolute Gasteiger partial charge is 0.461 e. The molecule has 0 unspecified atom stereocenters. The number of hydrogen-bond acceptors (Lipinski definition) is 6. The van der Waals surface area contributed by atoms with Crippen molar-refractivity contribution in [1.29, 1.82) is 0 Å². The zero-order chi connectivity index (χ0) is 22.1. The minimum Gasteiger partial charge on any atom is -0.461 e. The molecule has 162 valence electrons. The number of aromatic nitrogens is 3. The van der Waals surface area contributed by atoms with E-state index in [0.717, 1.165) is 12.8 Å². The van der Waals surface area contributed by atoms with Crippen molar-refractivity contribution in [3.63, 3.8) is 0 Å². The van der Waals surface area contributed by atoms with E-state index in [2.05, 4.69) is 22.2 Å². The van der Waals surface area contributed by atoms with Gasteiger partial charge in [-0.2, -0.15) is 0 Å². The van der Waals surface area contributed by atoms with Crippen LogP contribution in [0.2, 0.25) is 0 Å². The van der Waals surface area contributed by atoms with Gasteiger partial charge in [0, 0.05) is 5.69 Å². The van der Waals surface area contributed by atoms with Crippen molar-refractivity contribution < 1.29 is 19.1 Å². The number of carbonyl (C=O) groups excluding carboxylic acids is 2. The third kappa shape index (κ3) is 6.72. The number of unbranched alkanes of at least 4 members (excludes halogenated alkanes) is 1. The summed E-state index contributed by atoms with van der Waals surface area (Å²) in [6.07, 6.45) is 4.20. The first-order chi connectivity index (χ1) is 14.2. The summed E-state index contributed by atoms with van der Waals surface area (Å²) >= 11 is 0. The Morgan fingerprint density at radius 2 is 1.93 bits per heavy atom. The van der Waals surface area contributed by atoms with Crippen molar-refractivity contribution in [3.8, 4) is 5.69 Å². The molecule has 0 aliphatic rings. The molecule has 0 spiro atoms. The van der Waals surface area contributed by atoms with Gasteiger partial charge in [0.15, 0.2) is 5.69 Å².